The summed E-state index contributed by atoms with van der Waals surface area (Å²) in [5.74, 6) is 0.312. The van der Waals surface area contributed by atoms with Crippen LogP contribution in [0, 0.1) is 5.92 Å². The summed E-state index contributed by atoms with van der Waals surface area (Å²) in [6.07, 6.45) is -0.0797. The molecule has 1 aliphatic heterocycles. The fourth-order valence-electron chi connectivity index (χ4n) is 1.60. The molecule has 4 nitrogen and oxygen atoms in total. The first-order chi connectivity index (χ1) is 6.74. The van der Waals surface area contributed by atoms with Crippen LogP contribution in [-0.2, 0) is 14.2 Å². The minimum Gasteiger partial charge on any atom is -0.381 e. The van der Waals surface area contributed by atoms with Crippen LogP contribution in [0.1, 0.15) is 6.92 Å². The highest BCUT2D eigenvalue weighted by Gasteiger charge is 2.27. The van der Waals surface area contributed by atoms with Gasteiger partial charge in [0.05, 0.1) is 19.8 Å². The zero-order valence-electron chi connectivity index (χ0n) is 9.36. The standard InChI is InChI=1S/C10H21NO3/c1-4-12-8-9(7-11(2)3)10-13-5-6-14-10/h9-10H,4-8H2,1-3H3. The zero-order chi connectivity index (χ0) is 10.4. The Balaban J connectivity index is 2.34. The highest BCUT2D eigenvalue weighted by Crippen LogP contribution is 2.16. The summed E-state index contributed by atoms with van der Waals surface area (Å²) >= 11 is 0. The number of ether oxygens (including phenoxy) is 3. The van der Waals surface area contributed by atoms with Gasteiger partial charge in [0.2, 0.25) is 0 Å². The summed E-state index contributed by atoms with van der Waals surface area (Å²) < 4.78 is 16.4. The predicted octanol–water partition coefficient (Wildman–Crippen LogP) is 0.574. The second-order valence-electron chi connectivity index (χ2n) is 3.79. The van der Waals surface area contributed by atoms with Crippen LogP contribution in [0.5, 0.6) is 0 Å². The van der Waals surface area contributed by atoms with Crippen molar-refractivity contribution in [3.05, 3.63) is 0 Å². The van der Waals surface area contributed by atoms with Crippen molar-refractivity contribution in [2.45, 2.75) is 13.2 Å². The second kappa shape index (κ2) is 6.35. The number of hydrogen-bond acceptors (Lipinski definition) is 4. The van der Waals surface area contributed by atoms with E-state index in [0.29, 0.717) is 25.7 Å². The molecule has 1 heterocycles. The molecular formula is C10H21NO3. The van der Waals surface area contributed by atoms with Crippen molar-refractivity contribution < 1.29 is 14.2 Å². The van der Waals surface area contributed by atoms with Crippen LogP contribution in [0.3, 0.4) is 0 Å². The summed E-state index contributed by atoms with van der Waals surface area (Å²) in [4.78, 5) is 2.13. The van der Waals surface area contributed by atoms with Crippen LogP contribution in [0.4, 0.5) is 0 Å². The SMILES string of the molecule is CCOCC(CN(C)C)C1OCCO1. The smallest absolute Gasteiger partial charge is 0.164 e. The maximum absolute atomic E-state index is 5.48. The van der Waals surface area contributed by atoms with E-state index in [2.05, 4.69) is 4.90 Å². The Bertz CT molecular complexity index is 146. The first kappa shape index (κ1) is 11.9. The van der Waals surface area contributed by atoms with Crippen LogP contribution < -0.4 is 0 Å². The Morgan fingerprint density at radius 3 is 2.50 bits per heavy atom. The molecule has 1 rings (SSSR count). The summed E-state index contributed by atoms with van der Waals surface area (Å²) in [6.45, 7) is 5.81. The van der Waals surface area contributed by atoms with Gasteiger partial charge in [-0.15, -0.1) is 0 Å². The quantitative estimate of drug-likeness (QED) is 0.631. The van der Waals surface area contributed by atoms with Crippen molar-refractivity contribution >= 4 is 0 Å². The Morgan fingerprint density at radius 1 is 1.36 bits per heavy atom. The van der Waals surface area contributed by atoms with Gasteiger partial charge >= 0.3 is 0 Å². The third kappa shape index (κ3) is 3.92. The van der Waals surface area contributed by atoms with Gasteiger partial charge in [0.15, 0.2) is 6.29 Å². The molecule has 84 valence electrons. The van der Waals surface area contributed by atoms with E-state index in [1.165, 1.54) is 0 Å². The van der Waals surface area contributed by atoms with E-state index in [0.717, 1.165) is 13.2 Å². The highest BCUT2D eigenvalue weighted by atomic mass is 16.7. The first-order valence-corrected chi connectivity index (χ1v) is 5.19. The summed E-state index contributed by atoms with van der Waals surface area (Å²) in [6, 6.07) is 0. The van der Waals surface area contributed by atoms with Gasteiger partial charge in [-0.3, -0.25) is 0 Å². The third-order valence-electron chi connectivity index (χ3n) is 2.17. The number of nitrogens with zero attached hydrogens (tertiary/aromatic N) is 1. The lowest BCUT2D eigenvalue weighted by molar-refractivity contribution is -0.107. The molecule has 0 aliphatic carbocycles. The monoisotopic (exact) mass is 203 g/mol. The second-order valence-corrected chi connectivity index (χ2v) is 3.79. The van der Waals surface area contributed by atoms with Gasteiger partial charge < -0.3 is 19.1 Å². The van der Waals surface area contributed by atoms with E-state index in [1.807, 2.05) is 21.0 Å². The minimum atomic E-state index is -0.0797. The van der Waals surface area contributed by atoms with Crippen LogP contribution in [0.25, 0.3) is 0 Å². The van der Waals surface area contributed by atoms with Gasteiger partial charge in [0.1, 0.15) is 0 Å². The molecule has 0 radical (unpaired) electrons. The van der Waals surface area contributed by atoms with Crippen molar-refractivity contribution in [3.63, 3.8) is 0 Å². The van der Waals surface area contributed by atoms with Crippen molar-refractivity contribution in [2.75, 3.05) is 47.1 Å². The average Bonchev–Trinajstić information content (AvgIpc) is 2.64. The minimum absolute atomic E-state index is 0.0797. The molecule has 1 unspecified atom stereocenters. The normalized spacial score (nSPS) is 20.6. The van der Waals surface area contributed by atoms with E-state index in [9.17, 15) is 0 Å². The largest absolute Gasteiger partial charge is 0.381 e. The maximum Gasteiger partial charge on any atom is 0.164 e. The zero-order valence-corrected chi connectivity index (χ0v) is 9.36. The van der Waals surface area contributed by atoms with E-state index in [4.69, 9.17) is 14.2 Å². The van der Waals surface area contributed by atoms with Crippen molar-refractivity contribution in [1.29, 1.82) is 0 Å². The summed E-state index contributed by atoms with van der Waals surface area (Å²) in [5, 5.41) is 0. The molecule has 1 aliphatic rings. The molecule has 0 spiro atoms. The third-order valence-corrected chi connectivity index (χ3v) is 2.17. The van der Waals surface area contributed by atoms with E-state index < -0.39 is 0 Å². The van der Waals surface area contributed by atoms with Crippen molar-refractivity contribution in [2.24, 2.45) is 5.92 Å². The van der Waals surface area contributed by atoms with E-state index >= 15 is 0 Å². The van der Waals surface area contributed by atoms with Crippen LogP contribution in [0.15, 0.2) is 0 Å². The van der Waals surface area contributed by atoms with Crippen molar-refractivity contribution in [3.8, 4) is 0 Å². The van der Waals surface area contributed by atoms with Gasteiger partial charge in [-0.25, -0.2) is 0 Å². The first-order valence-electron chi connectivity index (χ1n) is 5.19. The van der Waals surface area contributed by atoms with Gasteiger partial charge in [-0.05, 0) is 21.0 Å². The lowest BCUT2D eigenvalue weighted by Gasteiger charge is -2.24. The molecule has 1 fully saturated rings. The molecule has 1 atom stereocenters. The number of hydrogen-bond donors (Lipinski definition) is 0. The Morgan fingerprint density at radius 2 is 2.00 bits per heavy atom. The average molecular weight is 203 g/mol. The van der Waals surface area contributed by atoms with Gasteiger partial charge in [0, 0.05) is 19.1 Å². The van der Waals surface area contributed by atoms with Gasteiger partial charge in [-0.1, -0.05) is 0 Å². The molecule has 1 saturated heterocycles. The molecule has 4 heteroatoms. The molecule has 0 N–H and O–H groups in total. The predicted molar refractivity (Wildman–Crippen MR) is 54.2 cm³/mol. The Labute approximate surface area is 86.1 Å². The van der Waals surface area contributed by atoms with Crippen LogP contribution >= 0.6 is 0 Å². The molecule has 0 aromatic heterocycles. The molecule has 14 heavy (non-hydrogen) atoms. The van der Waals surface area contributed by atoms with Crippen LogP contribution in [0.2, 0.25) is 0 Å². The Kier molecular flexibility index (Phi) is 5.40. The summed E-state index contributed by atoms with van der Waals surface area (Å²) in [5.41, 5.74) is 0. The van der Waals surface area contributed by atoms with Gasteiger partial charge in [-0.2, -0.15) is 0 Å². The number of rotatable bonds is 6. The Hall–Kier alpha value is -0.160. The fourth-order valence-corrected chi connectivity index (χ4v) is 1.60. The lowest BCUT2D eigenvalue weighted by Crippen LogP contribution is -2.35. The lowest BCUT2D eigenvalue weighted by atomic mass is 10.1. The molecular weight excluding hydrogens is 182 g/mol. The molecule has 0 aromatic carbocycles. The molecule has 0 aromatic rings. The topological polar surface area (TPSA) is 30.9 Å². The van der Waals surface area contributed by atoms with Crippen LogP contribution in [-0.4, -0.2) is 58.3 Å². The molecule has 0 saturated carbocycles. The molecule has 0 bridgehead atoms. The summed E-state index contributed by atoms with van der Waals surface area (Å²) in [7, 11) is 4.10. The maximum atomic E-state index is 5.48. The fraction of sp³-hybridized carbons (Fsp3) is 1.00. The van der Waals surface area contributed by atoms with E-state index in [1.54, 1.807) is 0 Å². The van der Waals surface area contributed by atoms with Crippen molar-refractivity contribution in [1.82, 2.24) is 4.90 Å². The molecule has 0 amide bonds. The highest BCUT2D eigenvalue weighted by molar-refractivity contribution is 4.68. The van der Waals surface area contributed by atoms with E-state index in [-0.39, 0.29) is 6.29 Å². The van der Waals surface area contributed by atoms with Gasteiger partial charge in [0.25, 0.3) is 0 Å².